The van der Waals surface area contributed by atoms with E-state index >= 15 is 0 Å². The molecule has 7 heteroatoms. The lowest BCUT2D eigenvalue weighted by atomic mass is 10.2. The summed E-state index contributed by atoms with van der Waals surface area (Å²) in [6.07, 6.45) is 0. The highest BCUT2D eigenvalue weighted by atomic mass is 16.5. The zero-order chi connectivity index (χ0) is 14.3. The van der Waals surface area contributed by atoms with Gasteiger partial charge in [0.1, 0.15) is 5.75 Å². The van der Waals surface area contributed by atoms with Crippen LogP contribution in [-0.2, 0) is 11.3 Å². The van der Waals surface area contributed by atoms with Gasteiger partial charge in [-0.2, -0.15) is 0 Å². The van der Waals surface area contributed by atoms with Crippen molar-refractivity contribution in [3.05, 3.63) is 29.8 Å². The van der Waals surface area contributed by atoms with E-state index in [4.69, 9.17) is 14.9 Å². The normalized spacial score (nSPS) is 11.5. The molecule has 7 nitrogen and oxygen atoms in total. The standard InChI is InChI=1S/C12H16N2O5/c1-19-9-4-2-8(3-5-9)6-13-12(18)14-10(7-15)11(16)17/h2-5,10,15H,6-7H2,1H3,(H,16,17)(H2,13,14,18)/t10-/m1/s1. The third kappa shape index (κ3) is 4.84. The van der Waals surface area contributed by atoms with Crippen LogP contribution in [0.3, 0.4) is 0 Å². The molecule has 104 valence electrons. The summed E-state index contributed by atoms with van der Waals surface area (Å²) < 4.78 is 5.00. The Bertz CT molecular complexity index is 432. The van der Waals surface area contributed by atoms with E-state index in [-0.39, 0.29) is 6.54 Å². The lowest BCUT2D eigenvalue weighted by Gasteiger charge is -2.12. The third-order valence-corrected chi connectivity index (χ3v) is 2.40. The number of carbonyl (C=O) groups excluding carboxylic acids is 1. The van der Waals surface area contributed by atoms with Gasteiger partial charge < -0.3 is 25.6 Å². The van der Waals surface area contributed by atoms with E-state index in [1.165, 1.54) is 0 Å². The van der Waals surface area contributed by atoms with Gasteiger partial charge in [0.25, 0.3) is 0 Å². The predicted octanol–water partition coefficient (Wildman–Crippen LogP) is -0.0601. The molecule has 1 atom stereocenters. The van der Waals surface area contributed by atoms with Gasteiger partial charge in [-0.05, 0) is 17.7 Å². The minimum absolute atomic E-state index is 0.244. The van der Waals surface area contributed by atoms with Crippen molar-refractivity contribution in [1.82, 2.24) is 10.6 Å². The van der Waals surface area contributed by atoms with Crippen molar-refractivity contribution in [1.29, 1.82) is 0 Å². The number of benzene rings is 1. The van der Waals surface area contributed by atoms with Crippen LogP contribution in [0.4, 0.5) is 4.79 Å². The Hall–Kier alpha value is -2.28. The van der Waals surface area contributed by atoms with Gasteiger partial charge in [-0.15, -0.1) is 0 Å². The Morgan fingerprint density at radius 2 is 1.95 bits per heavy atom. The SMILES string of the molecule is COc1ccc(CNC(=O)N[C@H](CO)C(=O)O)cc1. The fourth-order valence-electron chi connectivity index (χ4n) is 1.32. The second-order valence-corrected chi connectivity index (χ2v) is 3.75. The summed E-state index contributed by atoms with van der Waals surface area (Å²) in [6, 6.07) is 5.10. The average Bonchev–Trinajstić information content (AvgIpc) is 2.42. The van der Waals surface area contributed by atoms with E-state index in [9.17, 15) is 9.59 Å². The van der Waals surface area contributed by atoms with E-state index < -0.39 is 24.6 Å². The molecule has 4 N–H and O–H groups in total. The van der Waals surface area contributed by atoms with Crippen LogP contribution in [0.5, 0.6) is 5.75 Å². The maximum atomic E-state index is 11.4. The molecule has 0 bridgehead atoms. The van der Waals surface area contributed by atoms with E-state index in [1.807, 2.05) is 0 Å². The second kappa shape index (κ2) is 7.22. The van der Waals surface area contributed by atoms with E-state index in [2.05, 4.69) is 10.6 Å². The Morgan fingerprint density at radius 3 is 2.42 bits per heavy atom. The molecule has 19 heavy (non-hydrogen) atoms. The van der Waals surface area contributed by atoms with Crippen LogP contribution in [0.15, 0.2) is 24.3 Å². The van der Waals surface area contributed by atoms with Crippen molar-refractivity contribution in [2.45, 2.75) is 12.6 Å². The first-order valence-electron chi connectivity index (χ1n) is 5.57. The van der Waals surface area contributed by atoms with Crippen LogP contribution in [0, 0.1) is 0 Å². The largest absolute Gasteiger partial charge is 0.497 e. The van der Waals surface area contributed by atoms with E-state index in [0.717, 1.165) is 5.56 Å². The molecule has 1 rings (SSSR count). The number of carboxylic acid groups (broad SMARTS) is 1. The molecule has 1 aromatic carbocycles. The zero-order valence-corrected chi connectivity index (χ0v) is 10.4. The molecule has 0 aromatic heterocycles. The lowest BCUT2D eigenvalue weighted by molar-refractivity contribution is -0.140. The highest BCUT2D eigenvalue weighted by Gasteiger charge is 2.18. The fraction of sp³-hybridized carbons (Fsp3) is 0.333. The highest BCUT2D eigenvalue weighted by molar-refractivity contribution is 5.82. The number of aliphatic hydroxyl groups excluding tert-OH is 1. The number of urea groups is 1. The van der Waals surface area contributed by atoms with Gasteiger partial charge in [-0.25, -0.2) is 9.59 Å². The number of amides is 2. The molecule has 1 aromatic rings. The monoisotopic (exact) mass is 268 g/mol. The Morgan fingerprint density at radius 1 is 1.32 bits per heavy atom. The van der Waals surface area contributed by atoms with E-state index in [1.54, 1.807) is 31.4 Å². The van der Waals surface area contributed by atoms with Gasteiger partial charge >= 0.3 is 12.0 Å². The molecule has 2 amide bonds. The van der Waals surface area contributed by atoms with Gasteiger partial charge in [0.2, 0.25) is 0 Å². The number of ether oxygens (including phenoxy) is 1. The maximum Gasteiger partial charge on any atom is 0.328 e. The first-order valence-corrected chi connectivity index (χ1v) is 5.57. The molecule has 0 saturated carbocycles. The van der Waals surface area contributed by atoms with Crippen LogP contribution in [0.2, 0.25) is 0 Å². The number of rotatable bonds is 6. The number of aliphatic carboxylic acids is 1. The van der Waals surface area contributed by atoms with Crippen LogP contribution in [-0.4, -0.2) is 42.0 Å². The summed E-state index contributed by atoms with van der Waals surface area (Å²) in [4.78, 5) is 22.0. The summed E-state index contributed by atoms with van der Waals surface area (Å²) in [5, 5.41) is 22.0. The van der Waals surface area contributed by atoms with Crippen LogP contribution in [0.1, 0.15) is 5.56 Å². The lowest BCUT2D eigenvalue weighted by Crippen LogP contribution is -2.47. The first-order chi connectivity index (χ1) is 9.06. The van der Waals surface area contributed by atoms with Crippen molar-refractivity contribution in [2.75, 3.05) is 13.7 Å². The molecule has 0 aliphatic heterocycles. The molecule has 0 heterocycles. The molecule has 0 spiro atoms. The quantitative estimate of drug-likeness (QED) is 0.578. The molecule has 0 aliphatic carbocycles. The Kier molecular flexibility index (Phi) is 5.62. The number of aliphatic hydroxyl groups is 1. The average molecular weight is 268 g/mol. The second-order valence-electron chi connectivity index (χ2n) is 3.75. The van der Waals surface area contributed by atoms with Crippen molar-refractivity contribution >= 4 is 12.0 Å². The number of hydrogen-bond acceptors (Lipinski definition) is 4. The van der Waals surface area contributed by atoms with Crippen molar-refractivity contribution in [3.63, 3.8) is 0 Å². The van der Waals surface area contributed by atoms with Gasteiger partial charge in [0, 0.05) is 6.54 Å². The topological polar surface area (TPSA) is 108 Å². The van der Waals surface area contributed by atoms with Crippen LogP contribution >= 0.6 is 0 Å². The zero-order valence-electron chi connectivity index (χ0n) is 10.4. The number of carbonyl (C=O) groups is 2. The summed E-state index contributed by atoms with van der Waals surface area (Å²) >= 11 is 0. The molecule has 0 radical (unpaired) electrons. The molecular weight excluding hydrogens is 252 g/mol. The minimum atomic E-state index is -1.31. The Labute approximate surface area is 110 Å². The highest BCUT2D eigenvalue weighted by Crippen LogP contribution is 2.10. The first kappa shape index (κ1) is 14.8. The molecular formula is C12H16N2O5. The summed E-state index contributed by atoms with van der Waals surface area (Å²) in [5.41, 5.74) is 0.840. The molecule has 0 fully saturated rings. The number of methoxy groups -OCH3 is 1. The number of nitrogens with one attached hydrogen (secondary N) is 2. The maximum absolute atomic E-state index is 11.4. The van der Waals surface area contributed by atoms with Crippen molar-refractivity contribution < 1.29 is 24.5 Å². The van der Waals surface area contributed by atoms with Gasteiger partial charge in [0.05, 0.1) is 13.7 Å². The fourth-order valence-corrected chi connectivity index (χ4v) is 1.32. The minimum Gasteiger partial charge on any atom is -0.497 e. The smallest absolute Gasteiger partial charge is 0.328 e. The third-order valence-electron chi connectivity index (χ3n) is 2.40. The number of carboxylic acids is 1. The number of hydrogen-bond donors (Lipinski definition) is 4. The predicted molar refractivity (Wildman–Crippen MR) is 66.9 cm³/mol. The summed E-state index contributed by atoms with van der Waals surface area (Å²) in [7, 11) is 1.56. The van der Waals surface area contributed by atoms with Gasteiger partial charge in [-0.3, -0.25) is 0 Å². The molecule has 0 saturated heterocycles. The molecule has 0 aliphatic rings. The van der Waals surface area contributed by atoms with Gasteiger partial charge in [-0.1, -0.05) is 12.1 Å². The summed E-state index contributed by atoms with van der Waals surface area (Å²) in [6.45, 7) is -0.418. The van der Waals surface area contributed by atoms with Crippen LogP contribution in [0.25, 0.3) is 0 Å². The molecule has 0 unspecified atom stereocenters. The van der Waals surface area contributed by atoms with E-state index in [0.29, 0.717) is 5.75 Å². The van der Waals surface area contributed by atoms with Gasteiger partial charge in [0.15, 0.2) is 6.04 Å². The van der Waals surface area contributed by atoms with Crippen LogP contribution < -0.4 is 15.4 Å². The van der Waals surface area contributed by atoms with Crippen molar-refractivity contribution in [3.8, 4) is 5.75 Å². The Balaban J connectivity index is 2.42. The van der Waals surface area contributed by atoms with Crippen molar-refractivity contribution in [2.24, 2.45) is 0 Å². The summed E-state index contributed by atoms with van der Waals surface area (Å²) in [5.74, 6) is -0.582.